The van der Waals surface area contributed by atoms with Gasteiger partial charge in [-0.2, -0.15) is 0 Å². The third-order valence-corrected chi connectivity index (χ3v) is 3.69. The molecule has 0 bridgehead atoms. The molecule has 1 rings (SSSR count). The normalized spacial score (nSPS) is 17.2. The Morgan fingerprint density at radius 1 is 0.700 bits per heavy atom. The number of hydrogen-bond acceptors (Lipinski definition) is 4. The van der Waals surface area contributed by atoms with Crippen molar-refractivity contribution in [3.8, 4) is 0 Å². The number of aliphatic carboxylic acids is 2. The zero-order chi connectivity index (χ0) is 14.8. The zero-order valence-corrected chi connectivity index (χ0v) is 12.1. The lowest BCUT2D eigenvalue weighted by molar-refractivity contribution is -0.138. The van der Waals surface area contributed by atoms with E-state index in [2.05, 4.69) is 9.80 Å². The monoisotopic (exact) mass is 286 g/mol. The predicted octanol–water partition coefficient (Wildman–Crippen LogP) is 1.11. The number of carboxylic acid groups (broad SMARTS) is 2. The minimum absolute atomic E-state index is 0.267. The van der Waals surface area contributed by atoms with Crippen LogP contribution >= 0.6 is 0 Å². The van der Waals surface area contributed by atoms with Crippen LogP contribution in [0.15, 0.2) is 0 Å². The minimum atomic E-state index is -0.712. The molecular weight excluding hydrogens is 260 g/mol. The van der Waals surface area contributed by atoms with E-state index in [1.54, 1.807) is 0 Å². The second-order valence-electron chi connectivity index (χ2n) is 5.38. The van der Waals surface area contributed by atoms with Gasteiger partial charge in [0, 0.05) is 39.0 Å². The summed E-state index contributed by atoms with van der Waals surface area (Å²) >= 11 is 0. The molecule has 6 nitrogen and oxygen atoms in total. The van der Waals surface area contributed by atoms with E-state index in [0.29, 0.717) is 0 Å². The van der Waals surface area contributed by atoms with Crippen molar-refractivity contribution in [1.29, 1.82) is 0 Å². The number of unbranched alkanes of at least 4 members (excludes halogenated alkanes) is 2. The van der Waals surface area contributed by atoms with E-state index in [9.17, 15) is 9.59 Å². The van der Waals surface area contributed by atoms with E-state index in [1.807, 2.05) is 0 Å². The molecule has 0 aliphatic carbocycles. The lowest BCUT2D eigenvalue weighted by Crippen LogP contribution is -2.46. The molecule has 1 saturated heterocycles. The van der Waals surface area contributed by atoms with Gasteiger partial charge in [0.05, 0.1) is 0 Å². The first-order valence-electron chi connectivity index (χ1n) is 7.46. The fraction of sp³-hybridized carbons (Fsp3) is 0.857. The second-order valence-corrected chi connectivity index (χ2v) is 5.38. The van der Waals surface area contributed by atoms with Crippen LogP contribution in [0.1, 0.15) is 38.5 Å². The molecule has 20 heavy (non-hydrogen) atoms. The van der Waals surface area contributed by atoms with Crippen LogP contribution in [-0.2, 0) is 9.59 Å². The van der Waals surface area contributed by atoms with E-state index in [0.717, 1.165) is 65.0 Å². The van der Waals surface area contributed by atoms with Gasteiger partial charge < -0.3 is 20.0 Å². The average Bonchev–Trinajstić information content (AvgIpc) is 2.41. The SMILES string of the molecule is O=C(O)CCCCN1CCN(CCCCC(=O)O)CC1. The molecule has 2 N–H and O–H groups in total. The Bertz CT molecular complexity index is 272. The molecule has 0 atom stereocenters. The lowest BCUT2D eigenvalue weighted by Gasteiger charge is -2.34. The molecular formula is C14H26N2O4. The summed E-state index contributed by atoms with van der Waals surface area (Å²) in [7, 11) is 0. The highest BCUT2D eigenvalue weighted by Gasteiger charge is 2.15. The molecule has 0 aromatic rings. The Labute approximate surface area is 120 Å². The van der Waals surface area contributed by atoms with E-state index in [-0.39, 0.29) is 12.8 Å². The number of carboxylic acids is 2. The molecule has 0 aromatic carbocycles. The first kappa shape index (κ1) is 16.9. The zero-order valence-electron chi connectivity index (χ0n) is 12.1. The molecule has 1 heterocycles. The summed E-state index contributed by atoms with van der Waals surface area (Å²) in [6.07, 6.45) is 3.94. The molecule has 0 amide bonds. The summed E-state index contributed by atoms with van der Waals surface area (Å²) in [6, 6.07) is 0. The topological polar surface area (TPSA) is 81.1 Å². The summed E-state index contributed by atoms with van der Waals surface area (Å²) < 4.78 is 0. The van der Waals surface area contributed by atoms with Crippen molar-refractivity contribution < 1.29 is 19.8 Å². The molecule has 6 heteroatoms. The largest absolute Gasteiger partial charge is 0.481 e. The highest BCUT2D eigenvalue weighted by atomic mass is 16.4. The van der Waals surface area contributed by atoms with Gasteiger partial charge in [0.2, 0.25) is 0 Å². The van der Waals surface area contributed by atoms with Crippen LogP contribution in [0.25, 0.3) is 0 Å². The smallest absolute Gasteiger partial charge is 0.303 e. The molecule has 0 aromatic heterocycles. The first-order chi connectivity index (χ1) is 9.58. The quantitative estimate of drug-likeness (QED) is 0.586. The number of rotatable bonds is 10. The van der Waals surface area contributed by atoms with Crippen LogP contribution in [0.5, 0.6) is 0 Å². The van der Waals surface area contributed by atoms with Gasteiger partial charge in [0.1, 0.15) is 0 Å². The van der Waals surface area contributed by atoms with Gasteiger partial charge in [-0.05, 0) is 38.8 Å². The summed E-state index contributed by atoms with van der Waals surface area (Å²) in [5, 5.41) is 17.1. The van der Waals surface area contributed by atoms with Crippen LogP contribution < -0.4 is 0 Å². The van der Waals surface area contributed by atoms with E-state index >= 15 is 0 Å². The standard InChI is InChI=1S/C14H26N2O4/c17-13(18)5-1-3-7-15-9-11-16(12-10-15)8-4-2-6-14(19)20/h1-12H2,(H,17,18)(H,19,20). The molecule has 0 unspecified atom stereocenters. The summed E-state index contributed by atoms with van der Waals surface area (Å²) in [5.41, 5.74) is 0. The third-order valence-electron chi connectivity index (χ3n) is 3.69. The third kappa shape index (κ3) is 8.12. The van der Waals surface area contributed by atoms with Crippen molar-refractivity contribution >= 4 is 11.9 Å². The maximum atomic E-state index is 10.4. The van der Waals surface area contributed by atoms with Crippen LogP contribution in [0, 0.1) is 0 Å². The Kier molecular flexibility index (Phi) is 8.22. The van der Waals surface area contributed by atoms with Crippen molar-refractivity contribution in [1.82, 2.24) is 9.80 Å². The van der Waals surface area contributed by atoms with Crippen LogP contribution in [0.2, 0.25) is 0 Å². The molecule has 1 aliphatic rings. The first-order valence-corrected chi connectivity index (χ1v) is 7.46. The van der Waals surface area contributed by atoms with Crippen molar-refractivity contribution in [2.24, 2.45) is 0 Å². The van der Waals surface area contributed by atoms with E-state index < -0.39 is 11.9 Å². The van der Waals surface area contributed by atoms with Gasteiger partial charge in [0.15, 0.2) is 0 Å². The summed E-state index contributed by atoms with van der Waals surface area (Å²) in [6.45, 7) is 6.11. The molecule has 0 spiro atoms. The molecule has 116 valence electrons. The highest BCUT2D eigenvalue weighted by molar-refractivity contribution is 5.66. The Balaban J connectivity index is 1.99. The number of piperazine rings is 1. The average molecular weight is 286 g/mol. The van der Waals surface area contributed by atoms with Gasteiger partial charge >= 0.3 is 11.9 Å². The molecule has 1 aliphatic heterocycles. The maximum Gasteiger partial charge on any atom is 0.303 e. The molecule has 0 radical (unpaired) electrons. The Hall–Kier alpha value is -1.14. The van der Waals surface area contributed by atoms with Gasteiger partial charge in [-0.25, -0.2) is 0 Å². The Morgan fingerprint density at radius 2 is 1.05 bits per heavy atom. The van der Waals surface area contributed by atoms with Gasteiger partial charge in [-0.1, -0.05) is 0 Å². The maximum absolute atomic E-state index is 10.4. The summed E-state index contributed by atoms with van der Waals surface area (Å²) in [4.78, 5) is 25.6. The lowest BCUT2D eigenvalue weighted by atomic mass is 10.2. The van der Waals surface area contributed by atoms with Gasteiger partial charge in [-0.15, -0.1) is 0 Å². The van der Waals surface area contributed by atoms with Gasteiger partial charge in [0.25, 0.3) is 0 Å². The minimum Gasteiger partial charge on any atom is -0.481 e. The van der Waals surface area contributed by atoms with Crippen LogP contribution in [0.3, 0.4) is 0 Å². The van der Waals surface area contributed by atoms with Crippen LogP contribution in [0.4, 0.5) is 0 Å². The van der Waals surface area contributed by atoms with E-state index in [4.69, 9.17) is 10.2 Å². The highest BCUT2D eigenvalue weighted by Crippen LogP contribution is 2.06. The van der Waals surface area contributed by atoms with Crippen molar-refractivity contribution in [3.63, 3.8) is 0 Å². The second kappa shape index (κ2) is 9.72. The fourth-order valence-corrected chi connectivity index (χ4v) is 2.46. The fourth-order valence-electron chi connectivity index (χ4n) is 2.46. The number of carbonyl (C=O) groups is 2. The molecule has 1 fully saturated rings. The number of nitrogens with zero attached hydrogens (tertiary/aromatic N) is 2. The Morgan fingerprint density at radius 3 is 1.35 bits per heavy atom. The number of hydrogen-bond donors (Lipinski definition) is 2. The van der Waals surface area contributed by atoms with Crippen molar-refractivity contribution in [2.75, 3.05) is 39.3 Å². The van der Waals surface area contributed by atoms with Crippen molar-refractivity contribution in [3.05, 3.63) is 0 Å². The van der Waals surface area contributed by atoms with Crippen molar-refractivity contribution in [2.45, 2.75) is 38.5 Å². The van der Waals surface area contributed by atoms with Gasteiger partial charge in [-0.3, -0.25) is 9.59 Å². The summed E-state index contributed by atoms with van der Waals surface area (Å²) in [5.74, 6) is -1.42. The van der Waals surface area contributed by atoms with Crippen LogP contribution in [-0.4, -0.2) is 71.2 Å². The molecule has 0 saturated carbocycles. The van der Waals surface area contributed by atoms with E-state index in [1.165, 1.54) is 0 Å². The predicted molar refractivity (Wildman–Crippen MR) is 75.9 cm³/mol.